The SMILES string of the molecule is CCC(=O)C(=N)c1ccc(Br)cc1. The molecule has 0 aliphatic rings. The van der Waals surface area contributed by atoms with Crippen molar-refractivity contribution in [3.8, 4) is 0 Å². The van der Waals surface area contributed by atoms with Crippen molar-refractivity contribution in [1.29, 1.82) is 5.41 Å². The lowest BCUT2D eigenvalue weighted by molar-refractivity contribution is -0.112. The number of Topliss-reactive ketones (excluding diaryl/α,β-unsaturated/α-hetero) is 1. The predicted molar refractivity (Wildman–Crippen MR) is 56.3 cm³/mol. The zero-order chi connectivity index (χ0) is 9.84. The third kappa shape index (κ3) is 2.49. The second-order valence-corrected chi connectivity index (χ2v) is 3.57. The number of carbonyl (C=O) groups is 1. The molecule has 0 aromatic heterocycles. The van der Waals surface area contributed by atoms with Crippen LogP contribution in [0.15, 0.2) is 28.7 Å². The molecule has 0 unspecified atom stereocenters. The number of halogens is 1. The maximum Gasteiger partial charge on any atom is 0.180 e. The number of hydrogen-bond donors (Lipinski definition) is 1. The van der Waals surface area contributed by atoms with Crippen LogP contribution < -0.4 is 0 Å². The van der Waals surface area contributed by atoms with Crippen LogP contribution in [0.1, 0.15) is 18.9 Å². The molecule has 0 spiro atoms. The van der Waals surface area contributed by atoms with E-state index < -0.39 is 0 Å². The summed E-state index contributed by atoms with van der Waals surface area (Å²) in [5.74, 6) is -0.123. The standard InChI is InChI=1S/C10H10BrNO/c1-2-9(13)10(12)7-3-5-8(11)6-4-7/h3-6,12H,2H2,1H3. The lowest BCUT2D eigenvalue weighted by Gasteiger charge is -2.00. The lowest BCUT2D eigenvalue weighted by atomic mass is 10.1. The Balaban J connectivity index is 2.90. The van der Waals surface area contributed by atoms with Gasteiger partial charge in [0.1, 0.15) is 5.71 Å². The molecule has 0 amide bonds. The minimum Gasteiger partial charge on any atom is -0.297 e. The molecule has 1 aromatic rings. The van der Waals surface area contributed by atoms with Crippen molar-refractivity contribution in [2.75, 3.05) is 0 Å². The molecular formula is C10H10BrNO. The van der Waals surface area contributed by atoms with E-state index in [1.54, 1.807) is 19.1 Å². The van der Waals surface area contributed by atoms with E-state index >= 15 is 0 Å². The molecule has 0 fully saturated rings. The highest BCUT2D eigenvalue weighted by atomic mass is 79.9. The average molecular weight is 240 g/mol. The van der Waals surface area contributed by atoms with E-state index in [-0.39, 0.29) is 11.5 Å². The van der Waals surface area contributed by atoms with E-state index in [1.807, 2.05) is 12.1 Å². The maximum absolute atomic E-state index is 11.2. The van der Waals surface area contributed by atoms with E-state index in [4.69, 9.17) is 5.41 Å². The smallest absolute Gasteiger partial charge is 0.180 e. The summed E-state index contributed by atoms with van der Waals surface area (Å²) in [7, 11) is 0. The number of nitrogens with one attached hydrogen (secondary N) is 1. The number of carbonyl (C=O) groups excluding carboxylic acids is 1. The fraction of sp³-hybridized carbons (Fsp3) is 0.200. The Labute approximate surface area is 85.6 Å². The van der Waals surface area contributed by atoms with Crippen LogP contribution in [0.5, 0.6) is 0 Å². The van der Waals surface area contributed by atoms with Crippen LogP contribution in [0.4, 0.5) is 0 Å². The maximum atomic E-state index is 11.2. The summed E-state index contributed by atoms with van der Waals surface area (Å²) in [5, 5.41) is 7.54. The van der Waals surface area contributed by atoms with Crippen LogP contribution in [0.3, 0.4) is 0 Å². The van der Waals surface area contributed by atoms with Crippen molar-refractivity contribution in [3.05, 3.63) is 34.3 Å². The number of ketones is 1. The van der Waals surface area contributed by atoms with Crippen LogP contribution in [0.25, 0.3) is 0 Å². The first-order chi connectivity index (χ1) is 6.15. The molecule has 0 bridgehead atoms. The molecule has 0 atom stereocenters. The van der Waals surface area contributed by atoms with Gasteiger partial charge < -0.3 is 0 Å². The molecule has 0 radical (unpaired) electrons. The molecular weight excluding hydrogens is 230 g/mol. The molecule has 0 saturated heterocycles. The number of hydrogen-bond acceptors (Lipinski definition) is 2. The zero-order valence-electron chi connectivity index (χ0n) is 7.30. The summed E-state index contributed by atoms with van der Waals surface area (Å²) in [4.78, 5) is 11.2. The Kier molecular flexibility index (Phi) is 3.37. The van der Waals surface area contributed by atoms with Crippen molar-refractivity contribution in [2.45, 2.75) is 13.3 Å². The van der Waals surface area contributed by atoms with E-state index in [0.717, 1.165) is 4.47 Å². The summed E-state index contributed by atoms with van der Waals surface area (Å²) in [6.07, 6.45) is 0.384. The Morgan fingerprint density at radius 2 is 1.92 bits per heavy atom. The Hall–Kier alpha value is -0.960. The van der Waals surface area contributed by atoms with E-state index in [1.165, 1.54) is 0 Å². The highest BCUT2D eigenvalue weighted by Crippen LogP contribution is 2.11. The summed E-state index contributed by atoms with van der Waals surface area (Å²) in [5.41, 5.74) is 0.769. The molecule has 1 rings (SSSR count). The van der Waals surface area contributed by atoms with Gasteiger partial charge in [-0.3, -0.25) is 10.2 Å². The van der Waals surface area contributed by atoms with Crippen LogP contribution >= 0.6 is 15.9 Å². The molecule has 68 valence electrons. The average Bonchev–Trinajstić information content (AvgIpc) is 2.17. The quantitative estimate of drug-likeness (QED) is 0.811. The Morgan fingerprint density at radius 3 is 2.38 bits per heavy atom. The van der Waals surface area contributed by atoms with Gasteiger partial charge in [0, 0.05) is 16.5 Å². The minimum absolute atomic E-state index is 0.0926. The lowest BCUT2D eigenvalue weighted by Crippen LogP contribution is -2.12. The van der Waals surface area contributed by atoms with Crippen LogP contribution in [0.2, 0.25) is 0 Å². The van der Waals surface area contributed by atoms with E-state index in [2.05, 4.69) is 15.9 Å². The zero-order valence-corrected chi connectivity index (χ0v) is 8.89. The molecule has 3 heteroatoms. The molecule has 0 saturated carbocycles. The number of benzene rings is 1. The topological polar surface area (TPSA) is 40.9 Å². The van der Waals surface area contributed by atoms with Crippen molar-refractivity contribution in [3.63, 3.8) is 0 Å². The van der Waals surface area contributed by atoms with Crippen molar-refractivity contribution in [2.24, 2.45) is 0 Å². The first kappa shape index (κ1) is 10.1. The van der Waals surface area contributed by atoms with E-state index in [0.29, 0.717) is 12.0 Å². The van der Waals surface area contributed by atoms with E-state index in [9.17, 15) is 4.79 Å². The van der Waals surface area contributed by atoms with Gasteiger partial charge in [0.25, 0.3) is 0 Å². The van der Waals surface area contributed by atoms with Crippen LogP contribution in [-0.2, 0) is 4.79 Å². The first-order valence-electron chi connectivity index (χ1n) is 4.03. The predicted octanol–water partition coefficient (Wildman–Crippen LogP) is 2.80. The van der Waals surface area contributed by atoms with Gasteiger partial charge >= 0.3 is 0 Å². The molecule has 0 aliphatic carbocycles. The van der Waals surface area contributed by atoms with Gasteiger partial charge in [0.15, 0.2) is 5.78 Å². The van der Waals surface area contributed by atoms with Gasteiger partial charge in [-0.2, -0.15) is 0 Å². The van der Waals surface area contributed by atoms with Crippen LogP contribution in [-0.4, -0.2) is 11.5 Å². The molecule has 1 N–H and O–H groups in total. The van der Waals surface area contributed by atoms with Gasteiger partial charge in [-0.25, -0.2) is 0 Å². The second-order valence-electron chi connectivity index (χ2n) is 2.66. The monoisotopic (exact) mass is 239 g/mol. The van der Waals surface area contributed by atoms with Crippen molar-refractivity contribution in [1.82, 2.24) is 0 Å². The second kappa shape index (κ2) is 4.33. The largest absolute Gasteiger partial charge is 0.297 e. The summed E-state index contributed by atoms with van der Waals surface area (Å²) in [6.45, 7) is 1.76. The fourth-order valence-electron chi connectivity index (χ4n) is 0.954. The molecule has 0 aliphatic heterocycles. The summed E-state index contributed by atoms with van der Waals surface area (Å²) < 4.78 is 0.952. The number of rotatable bonds is 3. The highest BCUT2D eigenvalue weighted by Gasteiger charge is 2.08. The van der Waals surface area contributed by atoms with Crippen LogP contribution in [0, 0.1) is 5.41 Å². The Morgan fingerprint density at radius 1 is 1.38 bits per heavy atom. The Bertz CT molecular complexity index is 329. The van der Waals surface area contributed by atoms with Gasteiger partial charge in [-0.05, 0) is 12.1 Å². The van der Waals surface area contributed by atoms with Gasteiger partial charge in [0.05, 0.1) is 0 Å². The fourth-order valence-corrected chi connectivity index (χ4v) is 1.22. The van der Waals surface area contributed by atoms with Crippen molar-refractivity contribution >= 4 is 27.4 Å². The molecule has 1 aromatic carbocycles. The third-order valence-electron chi connectivity index (χ3n) is 1.73. The molecule has 13 heavy (non-hydrogen) atoms. The van der Waals surface area contributed by atoms with Gasteiger partial charge in [-0.1, -0.05) is 35.0 Å². The van der Waals surface area contributed by atoms with Gasteiger partial charge in [-0.15, -0.1) is 0 Å². The van der Waals surface area contributed by atoms with Crippen molar-refractivity contribution < 1.29 is 4.79 Å². The highest BCUT2D eigenvalue weighted by molar-refractivity contribution is 9.10. The molecule has 0 heterocycles. The summed E-state index contributed by atoms with van der Waals surface area (Å²) >= 11 is 3.29. The minimum atomic E-state index is -0.123. The normalized spacial score (nSPS) is 9.69. The molecule has 2 nitrogen and oxygen atoms in total. The first-order valence-corrected chi connectivity index (χ1v) is 4.82. The summed E-state index contributed by atoms with van der Waals surface area (Å²) in [6, 6.07) is 7.18. The third-order valence-corrected chi connectivity index (χ3v) is 2.26. The van der Waals surface area contributed by atoms with Gasteiger partial charge in [0.2, 0.25) is 0 Å².